The standard InChI is InChI=1S/C18H17FO2/c1-2-15-9-11-16(12-10-15)20-13-5-6-14-21-18-8-4-3-7-17(18)19/h2-12H,1,13-14H2/b6-5+. The molecule has 21 heavy (non-hydrogen) atoms. The number of hydrogen-bond donors (Lipinski definition) is 0. The molecular formula is C18H17FO2. The maximum Gasteiger partial charge on any atom is 0.165 e. The summed E-state index contributed by atoms with van der Waals surface area (Å²) >= 11 is 0. The highest BCUT2D eigenvalue weighted by Crippen LogP contribution is 2.15. The second-order valence-electron chi connectivity index (χ2n) is 4.30. The van der Waals surface area contributed by atoms with E-state index in [1.807, 2.05) is 30.3 Å². The lowest BCUT2D eigenvalue weighted by Crippen LogP contribution is -1.98. The molecule has 0 bridgehead atoms. The van der Waals surface area contributed by atoms with Gasteiger partial charge in [-0.3, -0.25) is 0 Å². The van der Waals surface area contributed by atoms with E-state index in [2.05, 4.69) is 6.58 Å². The van der Waals surface area contributed by atoms with Gasteiger partial charge < -0.3 is 9.47 Å². The summed E-state index contributed by atoms with van der Waals surface area (Å²) in [5, 5.41) is 0. The molecule has 0 aliphatic rings. The van der Waals surface area contributed by atoms with E-state index in [0.29, 0.717) is 13.2 Å². The van der Waals surface area contributed by atoms with Crippen LogP contribution in [-0.4, -0.2) is 13.2 Å². The maximum absolute atomic E-state index is 13.3. The number of para-hydroxylation sites is 1. The Morgan fingerprint density at radius 2 is 1.57 bits per heavy atom. The van der Waals surface area contributed by atoms with Crippen molar-refractivity contribution in [2.24, 2.45) is 0 Å². The Morgan fingerprint density at radius 1 is 0.905 bits per heavy atom. The molecule has 0 saturated heterocycles. The van der Waals surface area contributed by atoms with E-state index in [9.17, 15) is 4.39 Å². The number of hydrogen-bond acceptors (Lipinski definition) is 2. The molecule has 2 nitrogen and oxygen atoms in total. The van der Waals surface area contributed by atoms with Gasteiger partial charge in [0.05, 0.1) is 0 Å². The average molecular weight is 284 g/mol. The first-order valence-electron chi connectivity index (χ1n) is 6.67. The van der Waals surface area contributed by atoms with Crippen LogP contribution in [0.1, 0.15) is 5.56 Å². The molecule has 2 rings (SSSR count). The van der Waals surface area contributed by atoms with Crippen molar-refractivity contribution in [1.82, 2.24) is 0 Å². The molecule has 2 aromatic rings. The van der Waals surface area contributed by atoms with Crippen molar-refractivity contribution in [3.8, 4) is 11.5 Å². The first kappa shape index (κ1) is 14.9. The molecule has 108 valence electrons. The second kappa shape index (κ2) is 7.90. The fraction of sp³-hybridized carbons (Fsp3) is 0.111. The maximum atomic E-state index is 13.3. The minimum atomic E-state index is -0.357. The van der Waals surface area contributed by atoms with Gasteiger partial charge in [-0.15, -0.1) is 0 Å². The molecule has 0 aliphatic carbocycles. The van der Waals surface area contributed by atoms with Gasteiger partial charge in [-0.2, -0.15) is 0 Å². The van der Waals surface area contributed by atoms with Crippen molar-refractivity contribution in [3.63, 3.8) is 0 Å². The summed E-state index contributed by atoms with van der Waals surface area (Å²) < 4.78 is 24.1. The van der Waals surface area contributed by atoms with Gasteiger partial charge in [0.1, 0.15) is 19.0 Å². The Morgan fingerprint density at radius 3 is 2.24 bits per heavy atom. The third-order valence-corrected chi connectivity index (χ3v) is 2.80. The molecule has 0 N–H and O–H groups in total. The summed E-state index contributed by atoms with van der Waals surface area (Å²) in [6.07, 6.45) is 5.41. The first-order valence-corrected chi connectivity index (χ1v) is 6.67. The fourth-order valence-corrected chi connectivity index (χ4v) is 1.68. The normalized spacial score (nSPS) is 10.5. The predicted molar refractivity (Wildman–Crippen MR) is 83.1 cm³/mol. The Bertz CT molecular complexity index is 603. The molecule has 0 amide bonds. The van der Waals surface area contributed by atoms with E-state index >= 15 is 0 Å². The van der Waals surface area contributed by atoms with E-state index in [0.717, 1.165) is 11.3 Å². The molecule has 0 heterocycles. The summed E-state index contributed by atoms with van der Waals surface area (Å²) in [7, 11) is 0. The Hall–Kier alpha value is -2.55. The van der Waals surface area contributed by atoms with Gasteiger partial charge in [0.25, 0.3) is 0 Å². The summed E-state index contributed by atoms with van der Waals surface area (Å²) in [5.74, 6) is 0.688. The summed E-state index contributed by atoms with van der Waals surface area (Å²) in [6, 6.07) is 14.0. The molecule has 3 heteroatoms. The van der Waals surface area contributed by atoms with Gasteiger partial charge in [0, 0.05) is 0 Å². The molecule has 0 unspecified atom stereocenters. The number of ether oxygens (including phenoxy) is 2. The van der Waals surface area contributed by atoms with Gasteiger partial charge in [0.2, 0.25) is 0 Å². The molecule has 0 saturated carbocycles. The largest absolute Gasteiger partial charge is 0.490 e. The average Bonchev–Trinajstić information content (AvgIpc) is 2.53. The highest BCUT2D eigenvalue weighted by Gasteiger charge is 1.98. The fourth-order valence-electron chi connectivity index (χ4n) is 1.68. The lowest BCUT2D eigenvalue weighted by atomic mass is 10.2. The number of benzene rings is 2. The van der Waals surface area contributed by atoms with Crippen LogP contribution in [0.5, 0.6) is 11.5 Å². The van der Waals surface area contributed by atoms with Crippen LogP contribution < -0.4 is 9.47 Å². The zero-order chi connectivity index (χ0) is 14.9. The zero-order valence-corrected chi connectivity index (χ0v) is 11.7. The van der Waals surface area contributed by atoms with Crippen LogP contribution in [0.4, 0.5) is 4.39 Å². The lowest BCUT2D eigenvalue weighted by molar-refractivity contribution is 0.336. The first-order chi connectivity index (χ1) is 10.3. The smallest absolute Gasteiger partial charge is 0.165 e. The topological polar surface area (TPSA) is 18.5 Å². The second-order valence-corrected chi connectivity index (χ2v) is 4.30. The van der Waals surface area contributed by atoms with E-state index in [4.69, 9.17) is 9.47 Å². The number of halogens is 1. The lowest BCUT2D eigenvalue weighted by Gasteiger charge is -2.04. The van der Waals surface area contributed by atoms with E-state index in [1.165, 1.54) is 6.07 Å². The van der Waals surface area contributed by atoms with Crippen LogP contribution in [-0.2, 0) is 0 Å². The minimum Gasteiger partial charge on any atom is -0.490 e. The van der Waals surface area contributed by atoms with Crippen LogP contribution in [0.3, 0.4) is 0 Å². The number of rotatable bonds is 7. The Balaban J connectivity index is 1.71. The monoisotopic (exact) mass is 284 g/mol. The molecule has 0 radical (unpaired) electrons. The third-order valence-electron chi connectivity index (χ3n) is 2.80. The van der Waals surface area contributed by atoms with Crippen LogP contribution in [0.25, 0.3) is 6.08 Å². The Labute approximate surface area is 124 Å². The van der Waals surface area contributed by atoms with E-state index in [1.54, 1.807) is 30.4 Å². The van der Waals surface area contributed by atoms with Gasteiger partial charge >= 0.3 is 0 Å². The van der Waals surface area contributed by atoms with Gasteiger partial charge in [0.15, 0.2) is 11.6 Å². The molecular weight excluding hydrogens is 267 g/mol. The Kier molecular flexibility index (Phi) is 5.59. The summed E-state index contributed by atoms with van der Waals surface area (Å²) in [4.78, 5) is 0. The van der Waals surface area contributed by atoms with Crippen LogP contribution in [0.15, 0.2) is 67.3 Å². The van der Waals surface area contributed by atoms with Crippen molar-refractivity contribution in [1.29, 1.82) is 0 Å². The molecule has 0 aromatic heterocycles. The molecule has 2 aromatic carbocycles. The zero-order valence-electron chi connectivity index (χ0n) is 11.7. The van der Waals surface area contributed by atoms with Gasteiger partial charge in [-0.25, -0.2) is 4.39 Å². The highest BCUT2D eigenvalue weighted by molar-refractivity contribution is 5.48. The quantitative estimate of drug-likeness (QED) is 0.698. The molecule has 0 fully saturated rings. The van der Waals surface area contributed by atoms with Crippen molar-refractivity contribution in [3.05, 3.63) is 78.6 Å². The van der Waals surface area contributed by atoms with Crippen molar-refractivity contribution in [2.45, 2.75) is 0 Å². The minimum absolute atomic E-state index is 0.253. The summed E-state index contributed by atoms with van der Waals surface area (Å²) in [5.41, 5.74) is 1.05. The molecule has 0 aliphatic heterocycles. The van der Waals surface area contributed by atoms with Crippen molar-refractivity contribution >= 4 is 6.08 Å². The molecule has 0 atom stereocenters. The van der Waals surface area contributed by atoms with E-state index in [-0.39, 0.29) is 11.6 Å². The molecule has 0 spiro atoms. The highest BCUT2D eigenvalue weighted by atomic mass is 19.1. The van der Waals surface area contributed by atoms with E-state index < -0.39 is 0 Å². The van der Waals surface area contributed by atoms with Gasteiger partial charge in [-0.1, -0.05) is 36.9 Å². The predicted octanol–water partition coefficient (Wildman–Crippen LogP) is 4.48. The van der Waals surface area contributed by atoms with Crippen LogP contribution in [0, 0.1) is 5.82 Å². The van der Waals surface area contributed by atoms with Crippen molar-refractivity contribution in [2.75, 3.05) is 13.2 Å². The summed E-state index contributed by atoms with van der Waals surface area (Å²) in [6.45, 7) is 4.44. The third kappa shape index (κ3) is 4.80. The van der Waals surface area contributed by atoms with Gasteiger partial charge in [-0.05, 0) is 42.0 Å². The SMILES string of the molecule is C=Cc1ccc(OC/C=C/COc2ccccc2F)cc1. The van der Waals surface area contributed by atoms with Crippen LogP contribution in [0.2, 0.25) is 0 Å². The van der Waals surface area contributed by atoms with Crippen LogP contribution >= 0.6 is 0 Å². The van der Waals surface area contributed by atoms with Crippen molar-refractivity contribution < 1.29 is 13.9 Å².